The number of amides is 1. The number of thiophene rings is 1. The number of nitrogens with one attached hydrogen (secondary N) is 2. The largest absolute Gasteiger partial charge is 0.468 e. The fraction of sp³-hybridized carbons (Fsp3) is 0.421. The second kappa shape index (κ2) is 8.06. The van der Waals surface area contributed by atoms with Crippen molar-refractivity contribution < 1.29 is 9.21 Å². The highest BCUT2D eigenvalue weighted by Crippen LogP contribution is 2.25. The van der Waals surface area contributed by atoms with E-state index < -0.39 is 0 Å². The zero-order chi connectivity index (χ0) is 19.6. The number of hydrogen-bond acceptors (Lipinski definition) is 6. The molecular weight excluding hydrogens is 364 g/mol. The molecule has 8 heteroatoms. The summed E-state index contributed by atoms with van der Waals surface area (Å²) >= 11 is 1.51. The number of rotatable bonds is 7. The van der Waals surface area contributed by atoms with Crippen molar-refractivity contribution in [1.29, 1.82) is 0 Å². The summed E-state index contributed by atoms with van der Waals surface area (Å²) in [5.41, 5.74) is 0.837. The molecule has 7 nitrogen and oxygen atoms in total. The zero-order valence-corrected chi connectivity index (χ0v) is 16.8. The van der Waals surface area contributed by atoms with Gasteiger partial charge in [0.15, 0.2) is 0 Å². The second-order valence-electron chi connectivity index (χ2n) is 6.77. The third-order valence-electron chi connectivity index (χ3n) is 4.66. The molecule has 0 aromatic carbocycles. The zero-order valence-electron chi connectivity index (χ0n) is 16.0. The molecule has 3 heterocycles. The van der Waals surface area contributed by atoms with Crippen LogP contribution in [0.2, 0.25) is 0 Å². The molecule has 144 valence electrons. The lowest BCUT2D eigenvalue weighted by molar-refractivity contribution is -0.121. The SMILES string of the molecule is Cc1sc2nc(CCC(=O)NCC(c3ccco3)N(C)C)[nH]c(=O)c2c1C. The van der Waals surface area contributed by atoms with E-state index in [1.54, 1.807) is 6.26 Å². The molecule has 0 bridgehead atoms. The minimum absolute atomic E-state index is 0.0321. The summed E-state index contributed by atoms with van der Waals surface area (Å²) in [6.07, 6.45) is 2.27. The van der Waals surface area contributed by atoms with E-state index in [2.05, 4.69) is 15.3 Å². The number of carbonyl (C=O) groups excluding carboxylic acids is 1. The number of aryl methyl sites for hydroxylation is 3. The fourth-order valence-corrected chi connectivity index (χ4v) is 4.02. The molecule has 1 unspecified atom stereocenters. The van der Waals surface area contributed by atoms with Crippen LogP contribution in [0.15, 0.2) is 27.6 Å². The van der Waals surface area contributed by atoms with Crippen molar-refractivity contribution in [3.8, 4) is 0 Å². The van der Waals surface area contributed by atoms with Crippen LogP contribution in [0.4, 0.5) is 0 Å². The molecule has 27 heavy (non-hydrogen) atoms. The Balaban J connectivity index is 1.61. The summed E-state index contributed by atoms with van der Waals surface area (Å²) in [6, 6.07) is 3.70. The van der Waals surface area contributed by atoms with Crippen LogP contribution in [0.5, 0.6) is 0 Å². The predicted molar refractivity (Wildman–Crippen MR) is 106 cm³/mol. The predicted octanol–water partition coefficient (Wildman–Crippen LogP) is 2.55. The first-order valence-corrected chi connectivity index (χ1v) is 9.64. The van der Waals surface area contributed by atoms with E-state index in [-0.39, 0.29) is 23.9 Å². The highest BCUT2D eigenvalue weighted by Gasteiger charge is 2.18. The molecule has 2 N–H and O–H groups in total. The van der Waals surface area contributed by atoms with Crippen molar-refractivity contribution in [1.82, 2.24) is 20.2 Å². The third-order valence-corrected chi connectivity index (χ3v) is 5.77. The highest BCUT2D eigenvalue weighted by atomic mass is 32.1. The fourth-order valence-electron chi connectivity index (χ4n) is 2.97. The van der Waals surface area contributed by atoms with Crippen LogP contribution in [0.1, 0.15) is 34.5 Å². The van der Waals surface area contributed by atoms with Gasteiger partial charge in [0.25, 0.3) is 5.56 Å². The molecule has 3 aromatic heterocycles. The summed E-state index contributed by atoms with van der Waals surface area (Å²) in [5.74, 6) is 1.26. The molecule has 0 aliphatic carbocycles. The van der Waals surface area contributed by atoms with Crippen LogP contribution < -0.4 is 10.9 Å². The number of furan rings is 1. The number of H-pyrrole nitrogens is 1. The van der Waals surface area contributed by atoms with Crippen LogP contribution in [-0.4, -0.2) is 41.4 Å². The Kier molecular flexibility index (Phi) is 5.76. The Morgan fingerprint density at radius 2 is 2.19 bits per heavy atom. The van der Waals surface area contributed by atoms with Crippen molar-refractivity contribution in [2.75, 3.05) is 20.6 Å². The molecule has 0 fully saturated rings. The lowest BCUT2D eigenvalue weighted by Crippen LogP contribution is -2.34. The monoisotopic (exact) mass is 388 g/mol. The van der Waals surface area contributed by atoms with Crippen LogP contribution in [0.25, 0.3) is 10.2 Å². The summed E-state index contributed by atoms with van der Waals surface area (Å²) in [6.45, 7) is 4.36. The molecule has 1 atom stereocenters. The van der Waals surface area contributed by atoms with Gasteiger partial charge >= 0.3 is 0 Å². The Labute approximate surface area is 161 Å². The number of aromatic amines is 1. The summed E-state index contributed by atoms with van der Waals surface area (Å²) < 4.78 is 5.44. The average Bonchev–Trinajstić information content (AvgIpc) is 3.22. The van der Waals surface area contributed by atoms with Crippen molar-refractivity contribution in [3.63, 3.8) is 0 Å². The lowest BCUT2D eigenvalue weighted by atomic mass is 10.2. The molecule has 3 aromatic rings. The van der Waals surface area contributed by atoms with E-state index in [1.807, 2.05) is 45.0 Å². The average molecular weight is 388 g/mol. The summed E-state index contributed by atoms with van der Waals surface area (Å²) in [7, 11) is 3.88. The van der Waals surface area contributed by atoms with E-state index in [9.17, 15) is 9.59 Å². The van der Waals surface area contributed by atoms with Crippen molar-refractivity contribution >= 4 is 27.5 Å². The molecule has 1 amide bonds. The molecule has 0 aliphatic rings. The maximum absolute atomic E-state index is 12.3. The number of likely N-dealkylation sites (N-methyl/N-ethyl adjacent to an activating group) is 1. The smallest absolute Gasteiger partial charge is 0.259 e. The van der Waals surface area contributed by atoms with Crippen LogP contribution in [0, 0.1) is 13.8 Å². The number of hydrogen-bond donors (Lipinski definition) is 2. The first-order valence-electron chi connectivity index (χ1n) is 8.82. The Bertz CT molecular complexity index is 988. The van der Waals surface area contributed by atoms with Gasteiger partial charge in [-0.15, -0.1) is 11.3 Å². The lowest BCUT2D eigenvalue weighted by Gasteiger charge is -2.22. The molecule has 0 spiro atoms. The van der Waals surface area contributed by atoms with Gasteiger partial charge in [0.1, 0.15) is 16.4 Å². The van der Waals surface area contributed by atoms with Gasteiger partial charge in [-0.2, -0.15) is 0 Å². The van der Waals surface area contributed by atoms with Gasteiger partial charge < -0.3 is 14.7 Å². The Hall–Kier alpha value is -2.45. The van der Waals surface area contributed by atoms with E-state index in [0.29, 0.717) is 24.2 Å². The van der Waals surface area contributed by atoms with E-state index in [0.717, 1.165) is 21.0 Å². The highest BCUT2D eigenvalue weighted by molar-refractivity contribution is 7.18. The number of carbonyl (C=O) groups is 1. The summed E-state index contributed by atoms with van der Waals surface area (Å²) in [4.78, 5) is 35.7. The van der Waals surface area contributed by atoms with Gasteiger partial charge in [-0.3, -0.25) is 14.5 Å². The number of aromatic nitrogens is 2. The topological polar surface area (TPSA) is 91.2 Å². The van der Waals surface area contributed by atoms with Crippen molar-refractivity contribution in [2.24, 2.45) is 0 Å². The van der Waals surface area contributed by atoms with Gasteiger partial charge in [-0.05, 0) is 45.6 Å². The molecular formula is C19H24N4O3S. The van der Waals surface area contributed by atoms with Crippen molar-refractivity contribution in [3.05, 3.63) is 50.8 Å². The van der Waals surface area contributed by atoms with Gasteiger partial charge in [0, 0.05) is 24.3 Å². The van der Waals surface area contributed by atoms with Gasteiger partial charge in [0.05, 0.1) is 17.7 Å². The first kappa shape index (κ1) is 19.3. The van der Waals surface area contributed by atoms with Gasteiger partial charge in [-0.25, -0.2) is 4.98 Å². The van der Waals surface area contributed by atoms with Gasteiger partial charge in [-0.1, -0.05) is 0 Å². The van der Waals surface area contributed by atoms with Crippen molar-refractivity contribution in [2.45, 2.75) is 32.7 Å². The second-order valence-corrected chi connectivity index (χ2v) is 7.98. The summed E-state index contributed by atoms with van der Waals surface area (Å²) in [5, 5.41) is 3.58. The number of fused-ring (bicyclic) bond motifs is 1. The Morgan fingerprint density at radius 3 is 2.85 bits per heavy atom. The van der Waals surface area contributed by atoms with E-state index in [1.165, 1.54) is 11.3 Å². The van der Waals surface area contributed by atoms with Crippen LogP contribution >= 0.6 is 11.3 Å². The Morgan fingerprint density at radius 1 is 1.41 bits per heavy atom. The maximum Gasteiger partial charge on any atom is 0.259 e. The maximum atomic E-state index is 12.3. The standard InChI is InChI=1S/C19H24N4O3S/c1-11-12(2)27-19-17(11)18(25)21-15(22-19)7-8-16(24)20-10-13(23(3)4)14-6-5-9-26-14/h5-6,9,13H,7-8,10H2,1-4H3,(H,20,24)(H,21,22,25). The third kappa shape index (κ3) is 4.28. The first-order chi connectivity index (χ1) is 12.9. The molecule has 3 rings (SSSR count). The minimum atomic E-state index is -0.136. The van der Waals surface area contributed by atoms with E-state index >= 15 is 0 Å². The molecule has 0 aliphatic heterocycles. The normalized spacial score (nSPS) is 12.6. The van der Waals surface area contributed by atoms with Crippen LogP contribution in [-0.2, 0) is 11.2 Å². The number of nitrogens with zero attached hydrogens (tertiary/aromatic N) is 2. The van der Waals surface area contributed by atoms with Crippen LogP contribution in [0.3, 0.4) is 0 Å². The molecule has 0 radical (unpaired) electrons. The molecule has 0 saturated carbocycles. The molecule has 0 saturated heterocycles. The quantitative estimate of drug-likeness (QED) is 0.649. The van der Waals surface area contributed by atoms with E-state index in [4.69, 9.17) is 4.42 Å². The minimum Gasteiger partial charge on any atom is -0.468 e. The van der Waals surface area contributed by atoms with Gasteiger partial charge in [0.2, 0.25) is 5.91 Å².